The van der Waals surface area contributed by atoms with Crippen molar-refractivity contribution in [2.75, 3.05) is 5.32 Å². The van der Waals surface area contributed by atoms with E-state index in [9.17, 15) is 0 Å². The quantitative estimate of drug-likeness (QED) is 0.189. The van der Waals surface area contributed by atoms with Gasteiger partial charge in [-0.05, 0) is 88.8 Å². The van der Waals surface area contributed by atoms with E-state index in [0.717, 1.165) is 50.8 Å². The molecule has 0 spiro atoms. The maximum Gasteiger partial charge on any atom is 0.159 e. The third kappa shape index (κ3) is 5.19. The normalized spacial score (nSPS) is 15.3. The fourth-order valence-electron chi connectivity index (χ4n) is 10.5. The Morgan fingerprint density at radius 3 is 1.85 bits per heavy atom. The zero-order chi connectivity index (χ0) is 40.0. The molecule has 1 aliphatic rings. The number of para-hydroxylation sites is 5. The van der Waals surface area contributed by atoms with Crippen LogP contribution < -0.4 is 5.32 Å². The first-order chi connectivity index (χ1) is 30.3. The molecule has 3 aromatic heterocycles. The zero-order valence-corrected chi connectivity index (χ0v) is 33.3. The van der Waals surface area contributed by atoms with Gasteiger partial charge in [-0.15, -0.1) is 0 Å². The Kier molecular flexibility index (Phi) is 7.46. The van der Waals surface area contributed by atoms with Crippen LogP contribution in [-0.4, -0.2) is 9.13 Å². The van der Waals surface area contributed by atoms with Crippen molar-refractivity contribution in [2.45, 2.75) is 18.4 Å². The molecule has 0 aliphatic carbocycles. The van der Waals surface area contributed by atoms with Crippen molar-refractivity contribution in [1.29, 1.82) is 0 Å². The summed E-state index contributed by atoms with van der Waals surface area (Å²) in [6.07, 6.45) is 0.995. The Balaban J connectivity index is 0.950. The molecule has 61 heavy (non-hydrogen) atoms. The molecule has 0 bridgehead atoms. The second-order valence-electron chi connectivity index (χ2n) is 16.5. The van der Waals surface area contributed by atoms with Gasteiger partial charge in [0.05, 0.1) is 33.8 Å². The molecule has 0 fully saturated rings. The molecular formula is C57H39N3O. The van der Waals surface area contributed by atoms with Gasteiger partial charge in [-0.3, -0.25) is 0 Å². The van der Waals surface area contributed by atoms with Crippen molar-refractivity contribution >= 4 is 71.2 Å². The molecule has 1 N–H and O–H groups in total. The van der Waals surface area contributed by atoms with Gasteiger partial charge < -0.3 is 18.9 Å². The average molecular weight is 782 g/mol. The van der Waals surface area contributed by atoms with E-state index < -0.39 is 0 Å². The number of rotatable bonds is 5. The summed E-state index contributed by atoms with van der Waals surface area (Å²) in [5.41, 5.74) is 16.2. The first-order valence-electron chi connectivity index (χ1n) is 21.2. The highest BCUT2D eigenvalue weighted by Gasteiger charge is 2.29. The average Bonchev–Trinajstić information content (AvgIpc) is 3.98. The highest BCUT2D eigenvalue weighted by molar-refractivity contribution is 6.20. The number of hydrogen-bond donors (Lipinski definition) is 1. The Labute approximate surface area is 352 Å². The lowest BCUT2D eigenvalue weighted by Gasteiger charge is -2.34. The van der Waals surface area contributed by atoms with E-state index in [0.29, 0.717) is 5.92 Å². The van der Waals surface area contributed by atoms with E-state index in [2.05, 4.69) is 221 Å². The third-order valence-electron chi connectivity index (χ3n) is 13.2. The van der Waals surface area contributed by atoms with Gasteiger partial charge in [0.25, 0.3) is 0 Å². The molecule has 0 radical (unpaired) electrons. The summed E-state index contributed by atoms with van der Waals surface area (Å²) >= 11 is 0. The highest BCUT2D eigenvalue weighted by Crippen LogP contribution is 2.46. The monoisotopic (exact) mass is 781 g/mol. The van der Waals surface area contributed by atoms with Crippen molar-refractivity contribution in [2.24, 2.45) is 0 Å². The number of nitrogens with one attached hydrogen (secondary N) is 1. The predicted octanol–water partition coefficient (Wildman–Crippen LogP) is 15.1. The predicted molar refractivity (Wildman–Crippen MR) is 254 cm³/mol. The topological polar surface area (TPSA) is 35.0 Å². The maximum atomic E-state index is 6.96. The van der Waals surface area contributed by atoms with Crippen molar-refractivity contribution in [3.8, 4) is 22.5 Å². The summed E-state index contributed by atoms with van der Waals surface area (Å²) in [6.45, 7) is 0. The minimum absolute atomic E-state index is 0.199. The number of aromatic nitrogens is 2. The molecule has 2 atom stereocenters. The van der Waals surface area contributed by atoms with Crippen LogP contribution in [0.4, 0.5) is 5.69 Å². The van der Waals surface area contributed by atoms with Gasteiger partial charge in [0.15, 0.2) is 5.58 Å². The summed E-state index contributed by atoms with van der Waals surface area (Å²) in [4.78, 5) is 0. The summed E-state index contributed by atoms with van der Waals surface area (Å²) in [5.74, 6) is 0.332. The summed E-state index contributed by atoms with van der Waals surface area (Å²) in [7, 11) is 0. The molecule has 1 aliphatic heterocycles. The number of benzene rings is 9. The lowest BCUT2D eigenvalue weighted by atomic mass is 9.80. The molecule has 12 aromatic rings. The van der Waals surface area contributed by atoms with E-state index >= 15 is 0 Å². The second-order valence-corrected chi connectivity index (χ2v) is 16.5. The Morgan fingerprint density at radius 2 is 1.08 bits per heavy atom. The van der Waals surface area contributed by atoms with Gasteiger partial charge in [0, 0.05) is 49.6 Å². The lowest BCUT2D eigenvalue weighted by molar-refractivity contribution is 0.603. The molecule has 4 nitrogen and oxygen atoms in total. The molecule has 0 amide bonds. The minimum Gasteiger partial charge on any atom is -0.454 e. The number of hydrogen-bond acceptors (Lipinski definition) is 2. The van der Waals surface area contributed by atoms with Crippen LogP contribution in [0.2, 0.25) is 0 Å². The van der Waals surface area contributed by atoms with Crippen LogP contribution in [0.1, 0.15) is 35.1 Å². The van der Waals surface area contributed by atoms with E-state index in [-0.39, 0.29) is 6.04 Å². The van der Waals surface area contributed by atoms with E-state index in [1.54, 1.807) is 0 Å². The first kappa shape index (κ1) is 34.1. The SMILES string of the molecule is c1ccc(C2CC(c3ccc(-c4cccc5oc6c(-n7c8ccccc8c8cc9c(cc87)c7ccccc7n9-c7ccccc7)cccc6c45)cc3)Nc3ccccc32)cc1. The Bertz CT molecular complexity index is 3650. The second kappa shape index (κ2) is 13.4. The van der Waals surface area contributed by atoms with E-state index in [1.165, 1.54) is 66.1 Å². The number of fused-ring (bicyclic) bond motifs is 10. The van der Waals surface area contributed by atoms with Crippen LogP contribution in [0.3, 0.4) is 0 Å². The summed E-state index contributed by atoms with van der Waals surface area (Å²) in [5, 5.41) is 11.0. The number of nitrogens with zero attached hydrogens (tertiary/aromatic N) is 2. The lowest BCUT2D eigenvalue weighted by Crippen LogP contribution is -2.22. The van der Waals surface area contributed by atoms with Gasteiger partial charge in [0.2, 0.25) is 0 Å². The summed E-state index contributed by atoms with van der Waals surface area (Å²) < 4.78 is 11.8. The largest absolute Gasteiger partial charge is 0.454 e. The molecule has 4 heterocycles. The van der Waals surface area contributed by atoms with Crippen LogP contribution >= 0.6 is 0 Å². The standard InChI is InChI=1S/C57H39N3O/c1-3-15-36(16-4-1)45-33-49(58-48-24-10-7-19-41(45)48)38-31-29-37(30-32-38)40-22-14-28-55-56(40)44-23-13-27-52(57(44)61-55)60-51-26-12-9-21-43(51)47-34-53-46(35-54(47)60)42-20-8-11-25-50(42)59(53)39-17-5-2-6-18-39/h1-32,34-35,45,49,58H,33H2. The Hall–Kier alpha value is -7.82. The summed E-state index contributed by atoms with van der Waals surface area (Å²) in [6, 6.07) is 75.2. The zero-order valence-electron chi connectivity index (χ0n) is 33.3. The molecule has 13 rings (SSSR count). The van der Waals surface area contributed by atoms with Gasteiger partial charge in [-0.2, -0.15) is 0 Å². The van der Waals surface area contributed by atoms with Gasteiger partial charge in [0.1, 0.15) is 5.58 Å². The van der Waals surface area contributed by atoms with E-state index in [4.69, 9.17) is 4.42 Å². The highest BCUT2D eigenvalue weighted by atomic mass is 16.3. The number of furan rings is 1. The minimum atomic E-state index is 0.199. The third-order valence-corrected chi connectivity index (χ3v) is 13.2. The molecule has 4 heteroatoms. The van der Waals surface area contributed by atoms with Crippen LogP contribution in [0.15, 0.2) is 211 Å². The smallest absolute Gasteiger partial charge is 0.159 e. The molecular weight excluding hydrogens is 743 g/mol. The fourth-order valence-corrected chi connectivity index (χ4v) is 10.5. The van der Waals surface area contributed by atoms with Crippen LogP contribution in [0, 0.1) is 0 Å². The molecule has 288 valence electrons. The van der Waals surface area contributed by atoms with E-state index in [1.807, 2.05) is 0 Å². The van der Waals surface area contributed by atoms with Crippen LogP contribution in [-0.2, 0) is 0 Å². The molecule has 0 saturated heterocycles. The van der Waals surface area contributed by atoms with Gasteiger partial charge in [-0.25, -0.2) is 0 Å². The molecule has 9 aromatic carbocycles. The first-order valence-corrected chi connectivity index (χ1v) is 21.2. The number of anilines is 1. The van der Waals surface area contributed by atoms with Crippen molar-refractivity contribution in [3.05, 3.63) is 223 Å². The van der Waals surface area contributed by atoms with Crippen LogP contribution in [0.25, 0.3) is 88.1 Å². The maximum absolute atomic E-state index is 6.96. The van der Waals surface area contributed by atoms with Gasteiger partial charge >= 0.3 is 0 Å². The van der Waals surface area contributed by atoms with Crippen LogP contribution in [0.5, 0.6) is 0 Å². The Morgan fingerprint density at radius 1 is 0.459 bits per heavy atom. The van der Waals surface area contributed by atoms with Crippen molar-refractivity contribution in [1.82, 2.24) is 9.13 Å². The molecule has 0 saturated carbocycles. The van der Waals surface area contributed by atoms with Gasteiger partial charge in [-0.1, -0.05) is 152 Å². The van der Waals surface area contributed by atoms with Crippen molar-refractivity contribution < 1.29 is 4.42 Å². The molecule has 2 unspecified atom stereocenters. The fraction of sp³-hybridized carbons (Fsp3) is 0.0526. The van der Waals surface area contributed by atoms with Crippen molar-refractivity contribution in [3.63, 3.8) is 0 Å².